The first-order valence-electron chi connectivity index (χ1n) is 14.8. The Morgan fingerprint density at radius 2 is 0.791 bits per heavy atom. The van der Waals surface area contributed by atoms with E-state index < -0.39 is 0 Å². The maximum atomic E-state index is 2.37. The monoisotopic (exact) mass is 562 g/mol. The number of hydrogen-bond acceptors (Lipinski definition) is 1. The summed E-state index contributed by atoms with van der Waals surface area (Å²) < 4.78 is 2.68. The smallest absolute Gasteiger partial charge is 0.0355 e. The minimum Gasteiger partial charge on any atom is -0.135 e. The summed E-state index contributed by atoms with van der Waals surface area (Å²) in [5.41, 5.74) is 7.57. The molecule has 0 amide bonds. The topological polar surface area (TPSA) is 0 Å². The fourth-order valence-electron chi connectivity index (χ4n) is 6.86. The molecular weight excluding hydrogens is 537 g/mol. The second kappa shape index (κ2) is 9.66. The van der Waals surface area contributed by atoms with Crippen LogP contribution in [0.5, 0.6) is 0 Å². The third-order valence-corrected chi connectivity index (χ3v) is 9.98. The van der Waals surface area contributed by atoms with Gasteiger partial charge in [-0.05, 0) is 96.0 Å². The Bertz CT molecular complexity index is 2460. The van der Waals surface area contributed by atoms with Crippen LogP contribution >= 0.6 is 11.3 Å². The average Bonchev–Trinajstić information content (AvgIpc) is 3.45. The molecule has 9 aromatic rings. The van der Waals surface area contributed by atoms with Crippen molar-refractivity contribution in [2.24, 2.45) is 0 Å². The molecule has 1 aromatic heterocycles. The van der Waals surface area contributed by atoms with Gasteiger partial charge in [0.2, 0.25) is 0 Å². The quantitative estimate of drug-likeness (QED) is 0.188. The molecule has 0 N–H and O–H groups in total. The summed E-state index contributed by atoms with van der Waals surface area (Å²) in [5, 5.41) is 10.3. The second-order valence-electron chi connectivity index (χ2n) is 11.3. The van der Waals surface area contributed by atoms with Gasteiger partial charge in [0.25, 0.3) is 0 Å². The van der Waals surface area contributed by atoms with Gasteiger partial charge in [0.1, 0.15) is 0 Å². The van der Waals surface area contributed by atoms with Crippen LogP contribution in [0.15, 0.2) is 158 Å². The van der Waals surface area contributed by atoms with Crippen LogP contribution in [-0.2, 0) is 0 Å². The Kier molecular flexibility index (Phi) is 5.47. The Hall–Kier alpha value is -5.24. The van der Waals surface area contributed by atoms with Crippen molar-refractivity contribution < 1.29 is 0 Å². The highest BCUT2D eigenvalue weighted by atomic mass is 32.1. The van der Waals surface area contributed by atoms with Crippen LogP contribution in [0.1, 0.15) is 0 Å². The number of fused-ring (bicyclic) bond motifs is 6. The lowest BCUT2D eigenvalue weighted by Crippen LogP contribution is -1.91. The zero-order valence-corrected chi connectivity index (χ0v) is 24.2. The summed E-state index contributed by atoms with van der Waals surface area (Å²) in [7, 11) is 0. The van der Waals surface area contributed by atoms with Crippen LogP contribution in [0.4, 0.5) is 0 Å². The molecule has 0 saturated heterocycles. The van der Waals surface area contributed by atoms with Gasteiger partial charge in [-0.2, -0.15) is 0 Å². The van der Waals surface area contributed by atoms with Gasteiger partial charge in [0, 0.05) is 20.2 Å². The van der Waals surface area contributed by atoms with Gasteiger partial charge in [-0.3, -0.25) is 0 Å². The Morgan fingerprint density at radius 3 is 1.51 bits per heavy atom. The maximum absolute atomic E-state index is 2.37. The van der Waals surface area contributed by atoms with Crippen molar-refractivity contribution in [1.29, 1.82) is 0 Å². The molecule has 9 rings (SSSR count). The van der Waals surface area contributed by atoms with Crippen molar-refractivity contribution in [3.8, 4) is 33.4 Å². The molecule has 200 valence electrons. The van der Waals surface area contributed by atoms with Crippen LogP contribution in [0, 0.1) is 0 Å². The van der Waals surface area contributed by atoms with E-state index in [0.717, 1.165) is 0 Å². The molecule has 1 heterocycles. The molecule has 43 heavy (non-hydrogen) atoms. The van der Waals surface area contributed by atoms with Crippen LogP contribution in [0.2, 0.25) is 0 Å². The molecule has 0 fully saturated rings. The molecular formula is C42H26S. The standard InChI is InChI=1S/C42H26S/c1-2-11-28-24-32(21-20-27(28)10-1)42-36-17-5-3-15-34(36)41(35-16-4-6-18-37(35)42)31-13-9-12-29(25-31)30-22-23-40-38(26-30)33-14-7-8-19-39(33)43-40/h1-26H. The van der Waals surface area contributed by atoms with Crippen molar-refractivity contribution in [3.05, 3.63) is 158 Å². The minimum absolute atomic E-state index is 1.24. The summed E-state index contributed by atoms with van der Waals surface area (Å²) in [5.74, 6) is 0. The molecule has 0 aliphatic heterocycles. The third kappa shape index (κ3) is 3.90. The van der Waals surface area contributed by atoms with Crippen LogP contribution in [0.3, 0.4) is 0 Å². The van der Waals surface area contributed by atoms with Gasteiger partial charge in [-0.25, -0.2) is 0 Å². The predicted octanol–water partition coefficient (Wildman–Crippen LogP) is 12.5. The van der Waals surface area contributed by atoms with Crippen molar-refractivity contribution in [2.45, 2.75) is 0 Å². The molecule has 0 radical (unpaired) electrons. The predicted molar refractivity (Wildman–Crippen MR) is 188 cm³/mol. The largest absolute Gasteiger partial charge is 0.135 e. The first-order chi connectivity index (χ1) is 21.3. The van der Waals surface area contributed by atoms with Crippen molar-refractivity contribution in [3.63, 3.8) is 0 Å². The van der Waals surface area contributed by atoms with Crippen molar-refractivity contribution in [2.75, 3.05) is 0 Å². The van der Waals surface area contributed by atoms with E-state index in [4.69, 9.17) is 0 Å². The molecule has 0 atom stereocenters. The normalized spacial score (nSPS) is 11.7. The van der Waals surface area contributed by atoms with E-state index in [1.807, 2.05) is 11.3 Å². The van der Waals surface area contributed by atoms with Crippen LogP contribution in [-0.4, -0.2) is 0 Å². The highest BCUT2D eigenvalue weighted by Crippen LogP contribution is 2.45. The van der Waals surface area contributed by atoms with Gasteiger partial charge in [0.05, 0.1) is 0 Å². The number of thiophene rings is 1. The molecule has 0 spiro atoms. The molecule has 0 nitrogen and oxygen atoms in total. The van der Waals surface area contributed by atoms with Crippen LogP contribution in [0.25, 0.3) is 85.9 Å². The first-order valence-corrected chi connectivity index (χ1v) is 15.6. The molecule has 1 heteroatoms. The molecule has 8 aromatic carbocycles. The Labute approximate surface area is 254 Å². The van der Waals surface area contributed by atoms with Gasteiger partial charge >= 0.3 is 0 Å². The van der Waals surface area contributed by atoms with E-state index in [-0.39, 0.29) is 0 Å². The molecule has 0 saturated carbocycles. The molecule has 0 bridgehead atoms. The fraction of sp³-hybridized carbons (Fsp3) is 0. The van der Waals surface area contributed by atoms with E-state index in [2.05, 4.69) is 158 Å². The van der Waals surface area contributed by atoms with E-state index >= 15 is 0 Å². The van der Waals surface area contributed by atoms with E-state index in [1.165, 1.54) is 85.9 Å². The lowest BCUT2D eigenvalue weighted by Gasteiger charge is -2.18. The van der Waals surface area contributed by atoms with Crippen molar-refractivity contribution >= 4 is 63.8 Å². The summed E-state index contributed by atoms with van der Waals surface area (Å²) in [6.45, 7) is 0. The van der Waals surface area contributed by atoms with E-state index in [0.29, 0.717) is 0 Å². The lowest BCUT2D eigenvalue weighted by molar-refractivity contribution is 1.63. The molecule has 0 aliphatic carbocycles. The maximum Gasteiger partial charge on any atom is 0.0355 e. The second-order valence-corrected chi connectivity index (χ2v) is 12.4. The third-order valence-electron chi connectivity index (χ3n) is 8.83. The number of hydrogen-bond donors (Lipinski definition) is 0. The van der Waals surface area contributed by atoms with Crippen molar-refractivity contribution in [1.82, 2.24) is 0 Å². The Morgan fingerprint density at radius 1 is 0.279 bits per heavy atom. The number of benzene rings is 8. The van der Waals surface area contributed by atoms with Gasteiger partial charge in [-0.15, -0.1) is 11.3 Å². The first kappa shape index (κ1) is 24.4. The molecule has 0 aliphatic rings. The number of rotatable bonds is 3. The van der Waals surface area contributed by atoms with Gasteiger partial charge in [0.15, 0.2) is 0 Å². The van der Waals surface area contributed by atoms with E-state index in [9.17, 15) is 0 Å². The van der Waals surface area contributed by atoms with E-state index in [1.54, 1.807) is 0 Å². The highest BCUT2D eigenvalue weighted by molar-refractivity contribution is 7.25. The highest BCUT2D eigenvalue weighted by Gasteiger charge is 2.17. The zero-order valence-electron chi connectivity index (χ0n) is 23.4. The Balaban J connectivity index is 1.28. The molecule has 0 unspecified atom stereocenters. The van der Waals surface area contributed by atoms with Crippen LogP contribution < -0.4 is 0 Å². The zero-order chi connectivity index (χ0) is 28.3. The lowest BCUT2D eigenvalue weighted by atomic mass is 9.85. The fourth-order valence-corrected chi connectivity index (χ4v) is 7.94. The minimum atomic E-state index is 1.24. The SMILES string of the molecule is c1cc(-c2ccc3sc4ccccc4c3c2)cc(-c2c3ccccc3c(-c3ccc4ccccc4c3)c3ccccc23)c1. The van der Waals surface area contributed by atoms with Gasteiger partial charge < -0.3 is 0 Å². The summed E-state index contributed by atoms with van der Waals surface area (Å²) in [6, 6.07) is 58.1. The average molecular weight is 563 g/mol. The van der Waals surface area contributed by atoms with Gasteiger partial charge in [-0.1, -0.05) is 127 Å². The summed E-state index contributed by atoms with van der Waals surface area (Å²) in [4.78, 5) is 0. The summed E-state index contributed by atoms with van der Waals surface area (Å²) in [6.07, 6.45) is 0. The summed E-state index contributed by atoms with van der Waals surface area (Å²) >= 11 is 1.87.